The third kappa shape index (κ3) is 3.17. The molecular weight excluding hydrogens is 302 g/mol. The molecule has 0 bridgehead atoms. The third-order valence-corrected chi connectivity index (χ3v) is 4.02. The maximum Gasteiger partial charge on any atom is 0.228 e. The van der Waals surface area contributed by atoms with Crippen molar-refractivity contribution < 1.29 is 4.79 Å². The third-order valence-electron chi connectivity index (χ3n) is 4.02. The lowest BCUT2D eigenvalue weighted by atomic mass is 10.1. The number of tetrazole rings is 1. The summed E-state index contributed by atoms with van der Waals surface area (Å²) in [5.41, 5.74) is 2.72. The Morgan fingerprint density at radius 2 is 1.83 bits per heavy atom. The van der Waals surface area contributed by atoms with Gasteiger partial charge in [0.2, 0.25) is 5.91 Å². The van der Waals surface area contributed by atoms with Crippen molar-refractivity contribution in [3.63, 3.8) is 0 Å². The molecule has 120 valence electrons. The number of anilines is 1. The molecule has 0 unspecified atom stereocenters. The fourth-order valence-corrected chi connectivity index (χ4v) is 2.64. The summed E-state index contributed by atoms with van der Waals surface area (Å²) in [7, 11) is 0. The van der Waals surface area contributed by atoms with E-state index in [0.717, 1.165) is 35.5 Å². The van der Waals surface area contributed by atoms with Crippen LogP contribution >= 0.6 is 0 Å². The summed E-state index contributed by atoms with van der Waals surface area (Å²) < 4.78 is 1.88. The molecule has 1 fully saturated rings. The highest BCUT2D eigenvalue weighted by Gasteiger charge is 2.28. The molecule has 0 saturated heterocycles. The Kier molecular flexibility index (Phi) is 3.78. The molecule has 6 heteroatoms. The second kappa shape index (κ2) is 6.23. The van der Waals surface area contributed by atoms with E-state index in [9.17, 15) is 4.79 Å². The van der Waals surface area contributed by atoms with Crippen LogP contribution in [0, 0.1) is 0 Å². The summed E-state index contributed by atoms with van der Waals surface area (Å²) >= 11 is 0. The molecule has 1 amide bonds. The Balaban J connectivity index is 1.44. The number of amides is 1. The molecule has 0 radical (unpaired) electrons. The van der Waals surface area contributed by atoms with E-state index in [0.29, 0.717) is 12.5 Å². The van der Waals surface area contributed by atoms with Gasteiger partial charge in [-0.1, -0.05) is 30.3 Å². The average Bonchev–Trinajstić information content (AvgIpc) is 3.33. The quantitative estimate of drug-likeness (QED) is 0.785. The van der Waals surface area contributed by atoms with Crippen LogP contribution in [-0.4, -0.2) is 26.1 Å². The van der Waals surface area contributed by atoms with Crippen LogP contribution in [-0.2, 0) is 11.2 Å². The number of benzene rings is 2. The van der Waals surface area contributed by atoms with Gasteiger partial charge in [0.15, 0.2) is 5.82 Å². The van der Waals surface area contributed by atoms with E-state index in [1.54, 1.807) is 0 Å². The number of aromatic nitrogens is 4. The van der Waals surface area contributed by atoms with E-state index in [2.05, 4.69) is 20.8 Å². The number of hydrogen-bond acceptors (Lipinski definition) is 4. The first kappa shape index (κ1) is 14.6. The molecule has 1 aliphatic rings. The van der Waals surface area contributed by atoms with Gasteiger partial charge in [0.25, 0.3) is 0 Å². The molecule has 0 spiro atoms. The normalized spacial score (nSPS) is 13.7. The number of rotatable bonds is 5. The van der Waals surface area contributed by atoms with E-state index < -0.39 is 0 Å². The van der Waals surface area contributed by atoms with Crippen molar-refractivity contribution in [1.82, 2.24) is 20.2 Å². The first-order valence-electron chi connectivity index (χ1n) is 8.02. The molecule has 2 aromatic carbocycles. The summed E-state index contributed by atoms with van der Waals surface area (Å²) in [5, 5.41) is 14.9. The lowest BCUT2D eigenvalue weighted by Gasteiger charge is -2.07. The van der Waals surface area contributed by atoms with E-state index in [1.807, 2.05) is 59.3 Å². The second-order valence-corrected chi connectivity index (χ2v) is 5.97. The first-order valence-corrected chi connectivity index (χ1v) is 8.02. The molecule has 3 aromatic rings. The predicted octanol–water partition coefficient (Wildman–Crippen LogP) is 2.86. The summed E-state index contributed by atoms with van der Waals surface area (Å²) in [6.07, 6.45) is 2.62. The standard InChI is InChI=1S/C18H17N5O/c24-17(12-13-4-2-1-3-5-13)19-15-8-6-14(7-9-15)18-20-21-22-23(18)16-10-11-16/h1-9,16H,10-12H2,(H,19,24). The Morgan fingerprint density at radius 3 is 2.54 bits per heavy atom. The van der Waals surface area contributed by atoms with Crippen molar-refractivity contribution in [2.45, 2.75) is 25.3 Å². The lowest BCUT2D eigenvalue weighted by molar-refractivity contribution is -0.115. The van der Waals surface area contributed by atoms with E-state index >= 15 is 0 Å². The molecule has 1 aromatic heterocycles. The Hall–Kier alpha value is -3.02. The number of hydrogen-bond donors (Lipinski definition) is 1. The van der Waals surface area contributed by atoms with Gasteiger partial charge in [0, 0.05) is 11.3 Å². The number of carbonyl (C=O) groups is 1. The van der Waals surface area contributed by atoms with Crippen LogP contribution in [0.5, 0.6) is 0 Å². The topological polar surface area (TPSA) is 72.7 Å². The monoisotopic (exact) mass is 319 g/mol. The average molecular weight is 319 g/mol. The van der Waals surface area contributed by atoms with E-state index in [4.69, 9.17) is 0 Å². The highest BCUT2D eigenvalue weighted by atomic mass is 16.1. The summed E-state index contributed by atoms with van der Waals surface area (Å²) in [5.74, 6) is 0.747. The Bertz CT molecular complexity index is 837. The van der Waals surface area contributed by atoms with Crippen molar-refractivity contribution in [2.75, 3.05) is 5.32 Å². The molecule has 1 N–H and O–H groups in total. The van der Waals surface area contributed by atoms with Crippen molar-refractivity contribution >= 4 is 11.6 Å². The van der Waals surface area contributed by atoms with Gasteiger partial charge in [0.1, 0.15) is 0 Å². The van der Waals surface area contributed by atoms with Gasteiger partial charge in [-0.15, -0.1) is 5.10 Å². The van der Waals surface area contributed by atoms with Gasteiger partial charge in [-0.2, -0.15) is 0 Å². The maximum absolute atomic E-state index is 12.1. The maximum atomic E-state index is 12.1. The van der Waals surface area contributed by atoms with Crippen molar-refractivity contribution in [3.05, 3.63) is 60.2 Å². The van der Waals surface area contributed by atoms with Gasteiger partial charge in [-0.3, -0.25) is 4.79 Å². The zero-order valence-electron chi connectivity index (χ0n) is 13.1. The van der Waals surface area contributed by atoms with Crippen LogP contribution in [0.25, 0.3) is 11.4 Å². The highest BCUT2D eigenvalue weighted by Crippen LogP contribution is 2.36. The van der Waals surface area contributed by atoms with Gasteiger partial charge in [0.05, 0.1) is 12.5 Å². The summed E-state index contributed by atoms with van der Waals surface area (Å²) in [4.78, 5) is 12.1. The minimum Gasteiger partial charge on any atom is -0.326 e. The van der Waals surface area contributed by atoms with Crippen LogP contribution < -0.4 is 5.32 Å². The molecule has 0 aliphatic heterocycles. The highest BCUT2D eigenvalue weighted by molar-refractivity contribution is 5.92. The molecule has 1 aliphatic carbocycles. The molecule has 4 rings (SSSR count). The van der Waals surface area contributed by atoms with Crippen LogP contribution in [0.2, 0.25) is 0 Å². The SMILES string of the molecule is O=C(Cc1ccccc1)Nc1ccc(-c2nnnn2C2CC2)cc1. The van der Waals surface area contributed by atoms with E-state index in [-0.39, 0.29) is 5.91 Å². The number of carbonyl (C=O) groups excluding carboxylic acids is 1. The molecule has 1 heterocycles. The Morgan fingerprint density at radius 1 is 1.08 bits per heavy atom. The van der Waals surface area contributed by atoms with Crippen molar-refractivity contribution in [2.24, 2.45) is 0 Å². The van der Waals surface area contributed by atoms with Crippen LogP contribution in [0.1, 0.15) is 24.4 Å². The number of nitrogens with zero attached hydrogens (tertiary/aromatic N) is 4. The second-order valence-electron chi connectivity index (χ2n) is 5.97. The molecule has 1 saturated carbocycles. The van der Waals surface area contributed by atoms with Crippen LogP contribution in [0.3, 0.4) is 0 Å². The first-order chi connectivity index (χ1) is 11.8. The summed E-state index contributed by atoms with van der Waals surface area (Å²) in [6, 6.07) is 17.7. The van der Waals surface area contributed by atoms with Gasteiger partial charge >= 0.3 is 0 Å². The smallest absolute Gasteiger partial charge is 0.228 e. The van der Waals surface area contributed by atoms with Gasteiger partial charge in [-0.25, -0.2) is 4.68 Å². The molecule has 6 nitrogen and oxygen atoms in total. The van der Waals surface area contributed by atoms with Crippen molar-refractivity contribution in [1.29, 1.82) is 0 Å². The van der Waals surface area contributed by atoms with Crippen molar-refractivity contribution in [3.8, 4) is 11.4 Å². The summed E-state index contributed by atoms with van der Waals surface area (Å²) in [6.45, 7) is 0. The molecule has 24 heavy (non-hydrogen) atoms. The fraction of sp³-hybridized carbons (Fsp3) is 0.222. The minimum absolute atomic E-state index is 0.0308. The van der Waals surface area contributed by atoms with Gasteiger partial charge in [-0.05, 0) is 53.1 Å². The van der Waals surface area contributed by atoms with Gasteiger partial charge < -0.3 is 5.32 Å². The Labute approximate surface area is 139 Å². The number of nitrogens with one attached hydrogen (secondary N) is 1. The fourth-order valence-electron chi connectivity index (χ4n) is 2.64. The lowest BCUT2D eigenvalue weighted by Crippen LogP contribution is -2.14. The minimum atomic E-state index is -0.0308. The van der Waals surface area contributed by atoms with Crippen LogP contribution in [0.15, 0.2) is 54.6 Å². The molecular formula is C18H17N5O. The zero-order valence-corrected chi connectivity index (χ0v) is 13.1. The van der Waals surface area contributed by atoms with Crippen LogP contribution in [0.4, 0.5) is 5.69 Å². The van der Waals surface area contributed by atoms with E-state index in [1.165, 1.54) is 0 Å². The largest absolute Gasteiger partial charge is 0.326 e. The zero-order chi connectivity index (χ0) is 16.4. The molecule has 0 atom stereocenters. The predicted molar refractivity (Wildman–Crippen MR) is 90.3 cm³/mol.